The molecule has 1 aromatic rings. The van der Waals surface area contributed by atoms with Crippen LogP contribution in [0.4, 0.5) is 13.2 Å². The highest BCUT2D eigenvalue weighted by atomic mass is 19.3. The van der Waals surface area contributed by atoms with E-state index in [1.807, 2.05) is 13.8 Å². The van der Waals surface area contributed by atoms with E-state index in [9.17, 15) is 13.2 Å². The van der Waals surface area contributed by atoms with E-state index < -0.39 is 17.3 Å². The molecule has 0 atom stereocenters. The van der Waals surface area contributed by atoms with E-state index >= 15 is 0 Å². The molecule has 0 bridgehead atoms. The van der Waals surface area contributed by atoms with E-state index in [1.54, 1.807) is 0 Å². The third-order valence-corrected chi connectivity index (χ3v) is 1.94. The van der Waals surface area contributed by atoms with Gasteiger partial charge in [0.1, 0.15) is 5.82 Å². The van der Waals surface area contributed by atoms with Crippen LogP contribution in [0.25, 0.3) is 0 Å². The van der Waals surface area contributed by atoms with Crippen molar-refractivity contribution in [1.82, 2.24) is 4.98 Å². The zero-order valence-corrected chi connectivity index (χ0v) is 8.31. The van der Waals surface area contributed by atoms with Gasteiger partial charge in [0.15, 0.2) is 0 Å². The monoisotopic (exact) mass is 203 g/mol. The Morgan fingerprint density at radius 2 is 1.93 bits per heavy atom. The summed E-state index contributed by atoms with van der Waals surface area (Å²) in [5.41, 5.74) is -0.169. The lowest BCUT2D eigenvalue weighted by atomic mass is 10.1. The molecular formula is C10H12F3N. The Morgan fingerprint density at radius 1 is 1.36 bits per heavy atom. The molecule has 0 fully saturated rings. The van der Waals surface area contributed by atoms with Gasteiger partial charge in [-0.15, -0.1) is 0 Å². The molecule has 4 heteroatoms. The summed E-state index contributed by atoms with van der Waals surface area (Å²) >= 11 is 0. The Balaban J connectivity index is 3.15. The topological polar surface area (TPSA) is 12.9 Å². The fourth-order valence-corrected chi connectivity index (χ4v) is 1.08. The highest BCUT2D eigenvalue weighted by molar-refractivity contribution is 5.21. The smallest absolute Gasteiger partial charge is 0.260 e. The predicted octanol–water partition coefficient (Wildman–Crippen LogP) is 3.46. The summed E-state index contributed by atoms with van der Waals surface area (Å²) in [7, 11) is 0. The minimum absolute atomic E-state index is 0.0315. The van der Waals surface area contributed by atoms with Crippen molar-refractivity contribution in [3.05, 3.63) is 29.3 Å². The second kappa shape index (κ2) is 3.59. The molecule has 0 aromatic carbocycles. The molecule has 0 amide bonds. The van der Waals surface area contributed by atoms with Gasteiger partial charge in [0.2, 0.25) is 0 Å². The number of aromatic nitrogens is 1. The maximum Gasteiger partial charge on any atom is 0.274 e. The molecule has 0 unspecified atom stereocenters. The minimum atomic E-state index is -3.17. The van der Waals surface area contributed by atoms with Crippen molar-refractivity contribution >= 4 is 0 Å². The molecule has 0 aliphatic carbocycles. The van der Waals surface area contributed by atoms with Crippen LogP contribution < -0.4 is 0 Å². The first-order valence-electron chi connectivity index (χ1n) is 4.36. The first-order valence-corrected chi connectivity index (χ1v) is 4.36. The van der Waals surface area contributed by atoms with Gasteiger partial charge in [-0.3, -0.25) is 4.98 Å². The average molecular weight is 203 g/mol. The summed E-state index contributed by atoms with van der Waals surface area (Å²) in [6.45, 7) is 4.30. The highest BCUT2D eigenvalue weighted by Gasteiger charge is 2.28. The van der Waals surface area contributed by atoms with Crippen LogP contribution in [0.3, 0.4) is 0 Å². The van der Waals surface area contributed by atoms with E-state index in [1.165, 1.54) is 0 Å². The van der Waals surface area contributed by atoms with Crippen LogP contribution >= 0.6 is 0 Å². The quantitative estimate of drug-likeness (QED) is 0.717. The van der Waals surface area contributed by atoms with Crippen LogP contribution in [0.2, 0.25) is 0 Å². The molecule has 0 aliphatic rings. The van der Waals surface area contributed by atoms with Gasteiger partial charge in [-0.25, -0.2) is 13.2 Å². The summed E-state index contributed by atoms with van der Waals surface area (Å²) < 4.78 is 38.7. The van der Waals surface area contributed by atoms with Crippen molar-refractivity contribution < 1.29 is 13.2 Å². The first-order chi connectivity index (χ1) is 6.32. The van der Waals surface area contributed by atoms with E-state index in [2.05, 4.69) is 4.98 Å². The standard InChI is InChI=1S/C10H12F3N/c1-6(2)9-4-8(11)7(5-14-9)10(3,12)13/h4-6H,1-3H3. The maximum absolute atomic E-state index is 13.2. The Morgan fingerprint density at radius 3 is 2.29 bits per heavy atom. The number of nitrogens with zero attached hydrogens (tertiary/aromatic N) is 1. The van der Waals surface area contributed by atoms with Crippen molar-refractivity contribution in [3.63, 3.8) is 0 Å². The molecule has 0 radical (unpaired) electrons. The van der Waals surface area contributed by atoms with Gasteiger partial charge in [-0.2, -0.15) is 0 Å². The van der Waals surface area contributed by atoms with Gasteiger partial charge in [0.05, 0.1) is 5.56 Å². The van der Waals surface area contributed by atoms with Crippen LogP contribution in [0, 0.1) is 5.82 Å². The van der Waals surface area contributed by atoms with Crippen molar-refractivity contribution in [2.24, 2.45) is 0 Å². The molecular weight excluding hydrogens is 191 g/mol. The number of hydrogen-bond donors (Lipinski definition) is 0. The molecule has 1 rings (SSSR count). The Hall–Kier alpha value is -1.06. The Labute approximate surface area is 81.0 Å². The number of alkyl halides is 2. The van der Waals surface area contributed by atoms with E-state index in [-0.39, 0.29) is 5.92 Å². The molecule has 14 heavy (non-hydrogen) atoms. The zero-order valence-electron chi connectivity index (χ0n) is 8.31. The van der Waals surface area contributed by atoms with Crippen LogP contribution in [-0.4, -0.2) is 4.98 Å². The van der Waals surface area contributed by atoms with Crippen molar-refractivity contribution in [2.45, 2.75) is 32.6 Å². The van der Waals surface area contributed by atoms with Crippen LogP contribution in [-0.2, 0) is 5.92 Å². The Kier molecular flexibility index (Phi) is 2.83. The first kappa shape index (κ1) is 11.0. The molecule has 0 spiro atoms. The maximum atomic E-state index is 13.2. The number of hydrogen-bond acceptors (Lipinski definition) is 1. The SMILES string of the molecule is CC(C)c1cc(F)c(C(C)(F)F)cn1. The van der Waals surface area contributed by atoms with Gasteiger partial charge >= 0.3 is 0 Å². The zero-order chi connectivity index (χ0) is 10.9. The summed E-state index contributed by atoms with van der Waals surface area (Å²) in [5, 5.41) is 0. The average Bonchev–Trinajstić information content (AvgIpc) is 2.01. The summed E-state index contributed by atoms with van der Waals surface area (Å²) in [6.07, 6.45) is 0.907. The van der Waals surface area contributed by atoms with E-state index in [0.29, 0.717) is 12.6 Å². The lowest BCUT2D eigenvalue weighted by Gasteiger charge is -2.12. The molecule has 0 saturated carbocycles. The summed E-state index contributed by atoms with van der Waals surface area (Å²) in [4.78, 5) is 3.79. The summed E-state index contributed by atoms with van der Waals surface area (Å²) in [5.74, 6) is -4.03. The molecule has 1 aromatic heterocycles. The fourth-order valence-electron chi connectivity index (χ4n) is 1.08. The predicted molar refractivity (Wildman–Crippen MR) is 47.9 cm³/mol. The van der Waals surface area contributed by atoms with Crippen molar-refractivity contribution in [2.75, 3.05) is 0 Å². The number of pyridine rings is 1. The molecule has 0 aliphatic heterocycles. The number of halogens is 3. The normalized spacial score (nSPS) is 12.2. The number of rotatable bonds is 2. The third-order valence-electron chi connectivity index (χ3n) is 1.94. The Bertz CT molecular complexity index is 329. The van der Waals surface area contributed by atoms with Crippen molar-refractivity contribution in [3.8, 4) is 0 Å². The van der Waals surface area contributed by atoms with Crippen LogP contribution in [0.5, 0.6) is 0 Å². The highest BCUT2D eigenvalue weighted by Crippen LogP contribution is 2.29. The van der Waals surface area contributed by atoms with Gasteiger partial charge in [0, 0.05) is 18.8 Å². The van der Waals surface area contributed by atoms with Crippen LogP contribution in [0.1, 0.15) is 37.9 Å². The molecule has 1 nitrogen and oxygen atoms in total. The summed E-state index contributed by atoms with van der Waals surface area (Å²) in [6, 6.07) is 1.07. The van der Waals surface area contributed by atoms with Gasteiger partial charge < -0.3 is 0 Å². The lowest BCUT2D eigenvalue weighted by molar-refractivity contribution is 0.0133. The second-order valence-corrected chi connectivity index (χ2v) is 3.63. The minimum Gasteiger partial charge on any atom is -0.260 e. The largest absolute Gasteiger partial charge is 0.274 e. The van der Waals surface area contributed by atoms with Gasteiger partial charge in [0.25, 0.3) is 5.92 Å². The van der Waals surface area contributed by atoms with Gasteiger partial charge in [-0.05, 0) is 12.0 Å². The van der Waals surface area contributed by atoms with Gasteiger partial charge in [-0.1, -0.05) is 13.8 Å². The fraction of sp³-hybridized carbons (Fsp3) is 0.500. The van der Waals surface area contributed by atoms with Crippen LogP contribution in [0.15, 0.2) is 12.3 Å². The molecule has 1 heterocycles. The van der Waals surface area contributed by atoms with Crippen molar-refractivity contribution in [1.29, 1.82) is 0 Å². The molecule has 78 valence electrons. The lowest BCUT2D eigenvalue weighted by Crippen LogP contribution is -2.11. The molecule has 0 saturated heterocycles. The van der Waals surface area contributed by atoms with E-state index in [4.69, 9.17) is 0 Å². The molecule has 0 N–H and O–H groups in total. The third kappa shape index (κ3) is 2.25. The van der Waals surface area contributed by atoms with E-state index in [0.717, 1.165) is 12.3 Å². The second-order valence-electron chi connectivity index (χ2n) is 3.63.